The fraction of sp³-hybridized carbons (Fsp3) is 0.556. The van der Waals surface area contributed by atoms with Crippen molar-refractivity contribution in [3.8, 4) is 0 Å². The molecule has 16 heavy (non-hydrogen) atoms. The van der Waals surface area contributed by atoms with Gasteiger partial charge in [0.05, 0.1) is 11.2 Å². The van der Waals surface area contributed by atoms with Gasteiger partial charge in [0.15, 0.2) is 0 Å². The van der Waals surface area contributed by atoms with Gasteiger partial charge in [-0.3, -0.25) is 4.79 Å². The number of thiazole rings is 1. The van der Waals surface area contributed by atoms with Gasteiger partial charge in [0, 0.05) is 6.54 Å². The second-order valence-corrected chi connectivity index (χ2v) is 3.87. The Labute approximate surface area is 112 Å². The van der Waals surface area contributed by atoms with Gasteiger partial charge in [0.25, 0.3) is 5.91 Å². The first-order chi connectivity index (χ1) is 6.75. The highest BCUT2D eigenvalue weighted by atomic mass is 35.5. The number of rotatable bonds is 5. The number of unbranched alkanes of at least 4 members (excludes halogenated alkanes) is 1. The van der Waals surface area contributed by atoms with Crippen molar-refractivity contribution < 1.29 is 4.79 Å². The van der Waals surface area contributed by atoms with Crippen LogP contribution in [0.2, 0.25) is 0 Å². The molecule has 1 rings (SSSR count). The van der Waals surface area contributed by atoms with E-state index in [0.717, 1.165) is 18.5 Å². The first-order valence-corrected chi connectivity index (χ1v) is 5.52. The minimum atomic E-state index is -0.0259. The highest BCUT2D eigenvalue weighted by molar-refractivity contribution is 7.11. The van der Waals surface area contributed by atoms with Crippen LogP contribution in [0, 0.1) is 6.92 Å². The lowest BCUT2D eigenvalue weighted by atomic mass is 10.3. The first kappa shape index (κ1) is 18.0. The maximum absolute atomic E-state index is 11.5. The molecule has 1 aromatic heterocycles. The van der Waals surface area contributed by atoms with Crippen LogP contribution in [-0.4, -0.2) is 24.0 Å². The third kappa shape index (κ3) is 5.65. The zero-order chi connectivity index (χ0) is 10.4. The van der Waals surface area contributed by atoms with Crippen molar-refractivity contribution in [1.29, 1.82) is 0 Å². The number of nitrogens with one attached hydrogen (secondary N) is 1. The van der Waals surface area contributed by atoms with Gasteiger partial charge in [0.1, 0.15) is 4.88 Å². The zero-order valence-electron chi connectivity index (χ0n) is 9.06. The number of aromatic nitrogens is 1. The zero-order valence-corrected chi connectivity index (χ0v) is 11.5. The summed E-state index contributed by atoms with van der Waals surface area (Å²) >= 11 is 1.37. The summed E-state index contributed by atoms with van der Waals surface area (Å²) in [5.74, 6) is -0.0259. The Morgan fingerprint density at radius 1 is 1.50 bits per heavy atom. The van der Waals surface area contributed by atoms with Gasteiger partial charge >= 0.3 is 0 Å². The van der Waals surface area contributed by atoms with Gasteiger partial charge in [-0.15, -0.1) is 36.2 Å². The molecule has 0 aliphatic carbocycles. The summed E-state index contributed by atoms with van der Waals surface area (Å²) in [5.41, 5.74) is 7.83. The Morgan fingerprint density at radius 2 is 2.19 bits per heavy atom. The largest absolute Gasteiger partial charge is 0.351 e. The molecule has 1 amide bonds. The van der Waals surface area contributed by atoms with E-state index in [1.807, 2.05) is 6.92 Å². The average molecular weight is 286 g/mol. The number of carbonyl (C=O) groups excluding carboxylic acids is 1. The number of nitrogens with two attached hydrogens (primary N) is 1. The molecule has 0 aliphatic rings. The SMILES string of the molecule is Cc1ncsc1C(=O)NCCCCN.Cl.Cl. The van der Waals surface area contributed by atoms with Gasteiger partial charge in [-0.25, -0.2) is 4.98 Å². The lowest BCUT2D eigenvalue weighted by Crippen LogP contribution is -2.24. The standard InChI is InChI=1S/C9H15N3OS.2ClH/c1-7-8(14-6-12-7)9(13)11-5-3-2-4-10;;/h6H,2-5,10H2,1H3,(H,11,13);2*1H. The van der Waals surface area contributed by atoms with Crippen LogP contribution in [0.25, 0.3) is 0 Å². The molecule has 0 unspecified atom stereocenters. The Morgan fingerprint density at radius 3 is 2.69 bits per heavy atom. The maximum atomic E-state index is 11.5. The number of hydrogen-bond donors (Lipinski definition) is 2. The lowest BCUT2D eigenvalue weighted by Gasteiger charge is -2.02. The van der Waals surface area contributed by atoms with Crippen molar-refractivity contribution in [1.82, 2.24) is 10.3 Å². The summed E-state index contributed by atoms with van der Waals surface area (Å²) in [5, 5.41) is 2.84. The van der Waals surface area contributed by atoms with E-state index in [9.17, 15) is 4.79 Å². The smallest absolute Gasteiger partial charge is 0.263 e. The number of nitrogens with zero attached hydrogens (tertiary/aromatic N) is 1. The number of hydrogen-bond acceptors (Lipinski definition) is 4. The normalized spacial score (nSPS) is 8.88. The van der Waals surface area contributed by atoms with Gasteiger partial charge in [-0.1, -0.05) is 0 Å². The lowest BCUT2D eigenvalue weighted by molar-refractivity contribution is 0.0956. The Hall–Kier alpha value is -0.360. The van der Waals surface area contributed by atoms with Crippen LogP contribution in [0.1, 0.15) is 28.2 Å². The molecule has 0 atom stereocenters. The van der Waals surface area contributed by atoms with E-state index >= 15 is 0 Å². The van der Waals surface area contributed by atoms with Crippen LogP contribution in [0.3, 0.4) is 0 Å². The Balaban J connectivity index is 0. The Bertz CT molecular complexity index is 307. The van der Waals surface area contributed by atoms with E-state index in [1.165, 1.54) is 11.3 Å². The van der Waals surface area contributed by atoms with Gasteiger partial charge in [0.2, 0.25) is 0 Å². The highest BCUT2D eigenvalue weighted by Crippen LogP contribution is 2.11. The van der Waals surface area contributed by atoms with Crippen LogP contribution in [-0.2, 0) is 0 Å². The molecule has 7 heteroatoms. The van der Waals surface area contributed by atoms with Crippen LogP contribution >= 0.6 is 36.2 Å². The molecular formula is C9H17Cl2N3OS. The van der Waals surface area contributed by atoms with E-state index < -0.39 is 0 Å². The number of aryl methyl sites for hydroxylation is 1. The van der Waals surface area contributed by atoms with Crippen LogP contribution < -0.4 is 11.1 Å². The summed E-state index contributed by atoms with van der Waals surface area (Å²) in [6.07, 6.45) is 1.88. The van der Waals surface area contributed by atoms with Gasteiger partial charge < -0.3 is 11.1 Å². The molecule has 0 bridgehead atoms. The highest BCUT2D eigenvalue weighted by Gasteiger charge is 2.09. The molecule has 0 radical (unpaired) electrons. The van der Waals surface area contributed by atoms with Gasteiger partial charge in [-0.2, -0.15) is 0 Å². The van der Waals surface area contributed by atoms with Crippen molar-refractivity contribution in [3.63, 3.8) is 0 Å². The second kappa shape index (κ2) is 9.84. The maximum Gasteiger partial charge on any atom is 0.263 e. The van der Waals surface area contributed by atoms with E-state index in [0.29, 0.717) is 18.0 Å². The summed E-state index contributed by atoms with van der Waals surface area (Å²) < 4.78 is 0. The summed E-state index contributed by atoms with van der Waals surface area (Å²) in [4.78, 5) is 16.2. The number of halogens is 2. The predicted octanol–water partition coefficient (Wildman–Crippen LogP) is 1.76. The summed E-state index contributed by atoms with van der Waals surface area (Å²) in [6.45, 7) is 3.20. The van der Waals surface area contributed by atoms with Gasteiger partial charge in [-0.05, 0) is 26.3 Å². The Kier molecular flexibility index (Phi) is 11.1. The quantitative estimate of drug-likeness (QED) is 0.810. The second-order valence-electron chi connectivity index (χ2n) is 3.02. The predicted molar refractivity (Wildman–Crippen MR) is 72.0 cm³/mol. The third-order valence-electron chi connectivity index (χ3n) is 1.87. The molecule has 4 nitrogen and oxygen atoms in total. The minimum Gasteiger partial charge on any atom is -0.351 e. The molecule has 0 saturated carbocycles. The van der Waals surface area contributed by atoms with Crippen LogP contribution in [0.5, 0.6) is 0 Å². The fourth-order valence-electron chi connectivity index (χ4n) is 1.07. The van der Waals surface area contributed by atoms with Crippen molar-refractivity contribution in [2.24, 2.45) is 5.73 Å². The average Bonchev–Trinajstić information content (AvgIpc) is 2.59. The van der Waals surface area contributed by atoms with E-state index in [4.69, 9.17) is 5.73 Å². The van der Waals surface area contributed by atoms with Crippen LogP contribution in [0.15, 0.2) is 5.51 Å². The molecule has 1 heterocycles. The molecule has 1 aromatic rings. The molecule has 3 N–H and O–H groups in total. The third-order valence-corrected chi connectivity index (χ3v) is 2.80. The van der Waals surface area contributed by atoms with E-state index in [1.54, 1.807) is 5.51 Å². The topological polar surface area (TPSA) is 68.0 Å². The van der Waals surface area contributed by atoms with E-state index in [2.05, 4.69) is 10.3 Å². The molecule has 0 aromatic carbocycles. The molecule has 0 aliphatic heterocycles. The van der Waals surface area contributed by atoms with E-state index in [-0.39, 0.29) is 30.7 Å². The van der Waals surface area contributed by atoms with Crippen LogP contribution in [0.4, 0.5) is 0 Å². The monoisotopic (exact) mass is 285 g/mol. The first-order valence-electron chi connectivity index (χ1n) is 4.64. The molecule has 0 fully saturated rings. The molecule has 0 saturated heterocycles. The number of amides is 1. The summed E-state index contributed by atoms with van der Waals surface area (Å²) in [6, 6.07) is 0. The fourth-order valence-corrected chi connectivity index (χ4v) is 1.79. The summed E-state index contributed by atoms with van der Waals surface area (Å²) in [7, 11) is 0. The van der Waals surface area contributed by atoms with Crippen molar-refractivity contribution in [3.05, 3.63) is 16.1 Å². The minimum absolute atomic E-state index is 0. The molecular weight excluding hydrogens is 269 g/mol. The molecule has 0 spiro atoms. The van der Waals surface area contributed by atoms with Crippen molar-refractivity contribution in [2.75, 3.05) is 13.1 Å². The van der Waals surface area contributed by atoms with Crippen molar-refractivity contribution >= 4 is 42.1 Å². The number of carbonyl (C=O) groups is 1. The van der Waals surface area contributed by atoms with Crippen molar-refractivity contribution in [2.45, 2.75) is 19.8 Å². The molecule has 94 valence electrons.